The maximum atomic E-state index is 11.4. The zero-order chi connectivity index (χ0) is 16.5. The van der Waals surface area contributed by atoms with E-state index in [-0.39, 0.29) is 12.6 Å². The number of aryl methyl sites for hydroxylation is 1. The molecule has 126 valence electrons. The molecule has 0 aromatic carbocycles. The van der Waals surface area contributed by atoms with Crippen LogP contribution in [0.15, 0.2) is 12.1 Å². The number of aliphatic hydroxyl groups excluding tert-OH is 1. The summed E-state index contributed by atoms with van der Waals surface area (Å²) in [5.41, 5.74) is 0. The van der Waals surface area contributed by atoms with E-state index in [1.807, 2.05) is 6.92 Å². The average Bonchev–Trinajstić information content (AvgIpc) is 2.81. The second kappa shape index (κ2) is 9.98. The van der Waals surface area contributed by atoms with Crippen LogP contribution >= 0.6 is 11.3 Å². The molecule has 0 saturated heterocycles. The molecule has 22 heavy (non-hydrogen) atoms. The lowest BCUT2D eigenvalue weighted by Gasteiger charge is -2.26. The maximum absolute atomic E-state index is 11.4. The first-order chi connectivity index (χ1) is 10.4. The van der Waals surface area contributed by atoms with E-state index in [1.165, 1.54) is 9.75 Å². The van der Waals surface area contributed by atoms with E-state index in [0.717, 1.165) is 19.5 Å². The van der Waals surface area contributed by atoms with Gasteiger partial charge in [0.2, 0.25) is 0 Å². The number of carbonyl (C=O) groups is 1. The highest BCUT2D eigenvalue weighted by Gasteiger charge is 2.16. The van der Waals surface area contributed by atoms with Crippen molar-refractivity contribution in [3.63, 3.8) is 0 Å². The van der Waals surface area contributed by atoms with Crippen molar-refractivity contribution in [2.24, 2.45) is 5.92 Å². The Morgan fingerprint density at radius 1 is 1.36 bits per heavy atom. The largest absolute Gasteiger partial charge is 0.463 e. The summed E-state index contributed by atoms with van der Waals surface area (Å²) in [6.07, 6.45) is 0.545. The number of aliphatic hydroxyl groups is 1. The molecular weight excluding hydrogens is 298 g/mol. The van der Waals surface area contributed by atoms with Gasteiger partial charge in [-0.25, -0.2) is 0 Å². The predicted molar refractivity (Wildman–Crippen MR) is 91.0 cm³/mol. The summed E-state index contributed by atoms with van der Waals surface area (Å²) in [5.74, 6) is 0.293. The van der Waals surface area contributed by atoms with E-state index >= 15 is 0 Å². The molecule has 1 atom stereocenters. The highest BCUT2D eigenvalue weighted by Crippen LogP contribution is 2.18. The van der Waals surface area contributed by atoms with Crippen LogP contribution in [0.5, 0.6) is 0 Å². The lowest BCUT2D eigenvalue weighted by molar-refractivity contribution is -0.147. The van der Waals surface area contributed by atoms with Gasteiger partial charge in [0.25, 0.3) is 0 Å². The smallest absolute Gasteiger partial charge is 0.305 e. The van der Waals surface area contributed by atoms with E-state index in [4.69, 9.17) is 4.74 Å². The summed E-state index contributed by atoms with van der Waals surface area (Å²) < 4.78 is 5.09. The van der Waals surface area contributed by atoms with E-state index < -0.39 is 6.10 Å². The molecule has 0 amide bonds. The van der Waals surface area contributed by atoms with Crippen LogP contribution in [0.4, 0.5) is 0 Å². The molecule has 1 unspecified atom stereocenters. The van der Waals surface area contributed by atoms with Gasteiger partial charge in [-0.2, -0.15) is 0 Å². The molecule has 0 radical (unpaired) electrons. The Labute approximate surface area is 138 Å². The van der Waals surface area contributed by atoms with Crippen molar-refractivity contribution in [3.05, 3.63) is 21.9 Å². The number of rotatable bonds is 10. The number of hydrogen-bond acceptors (Lipinski definition) is 5. The molecule has 5 heteroatoms. The van der Waals surface area contributed by atoms with Crippen LogP contribution in [0.2, 0.25) is 0 Å². The molecule has 0 aliphatic rings. The fourth-order valence-electron chi connectivity index (χ4n) is 2.33. The normalized spacial score (nSPS) is 12.9. The number of esters is 1. The summed E-state index contributed by atoms with van der Waals surface area (Å²) in [4.78, 5) is 16.2. The quantitative estimate of drug-likeness (QED) is 0.670. The third-order valence-corrected chi connectivity index (χ3v) is 4.14. The topological polar surface area (TPSA) is 49.8 Å². The van der Waals surface area contributed by atoms with Gasteiger partial charge >= 0.3 is 5.97 Å². The van der Waals surface area contributed by atoms with Crippen LogP contribution in [-0.4, -0.2) is 41.8 Å². The van der Waals surface area contributed by atoms with Crippen molar-refractivity contribution >= 4 is 17.3 Å². The summed E-state index contributed by atoms with van der Waals surface area (Å²) in [5, 5.41) is 10.1. The van der Waals surface area contributed by atoms with Crippen molar-refractivity contribution in [1.82, 2.24) is 4.90 Å². The first-order valence-corrected chi connectivity index (χ1v) is 8.83. The Kier molecular flexibility index (Phi) is 8.68. The van der Waals surface area contributed by atoms with Crippen LogP contribution in [0.1, 0.15) is 43.4 Å². The summed E-state index contributed by atoms with van der Waals surface area (Å²) in [6.45, 7) is 10.7. The summed E-state index contributed by atoms with van der Waals surface area (Å²) in [7, 11) is 0. The van der Waals surface area contributed by atoms with E-state index in [1.54, 1.807) is 11.3 Å². The van der Waals surface area contributed by atoms with Crippen molar-refractivity contribution < 1.29 is 14.6 Å². The van der Waals surface area contributed by atoms with Gasteiger partial charge in [0.05, 0.1) is 0 Å². The lowest BCUT2D eigenvalue weighted by Crippen LogP contribution is -2.37. The van der Waals surface area contributed by atoms with Crippen molar-refractivity contribution in [1.29, 1.82) is 0 Å². The molecule has 1 aromatic heterocycles. The molecule has 1 heterocycles. The number of ether oxygens (including phenoxy) is 1. The zero-order valence-electron chi connectivity index (χ0n) is 14.2. The van der Waals surface area contributed by atoms with Crippen LogP contribution < -0.4 is 0 Å². The Balaban J connectivity index is 2.47. The predicted octanol–water partition coefficient (Wildman–Crippen LogP) is 3.22. The number of thiophene rings is 1. The molecule has 4 nitrogen and oxygen atoms in total. The van der Waals surface area contributed by atoms with Crippen LogP contribution in [0.25, 0.3) is 0 Å². The highest BCUT2D eigenvalue weighted by molar-refractivity contribution is 7.11. The Morgan fingerprint density at radius 2 is 2.09 bits per heavy atom. The monoisotopic (exact) mass is 327 g/mol. The SMILES string of the molecule is CCCC(=O)OCC(O)CN(Cc1ccc(C)s1)CC(C)C. The third-order valence-electron chi connectivity index (χ3n) is 3.16. The molecule has 1 N–H and O–H groups in total. The second-order valence-corrected chi connectivity index (χ2v) is 7.56. The number of carbonyl (C=O) groups excluding carboxylic acids is 1. The first-order valence-electron chi connectivity index (χ1n) is 8.02. The number of hydrogen-bond donors (Lipinski definition) is 1. The molecule has 0 spiro atoms. The van der Waals surface area contributed by atoms with Crippen molar-refractivity contribution in [2.75, 3.05) is 19.7 Å². The molecule has 0 fully saturated rings. The minimum absolute atomic E-state index is 0.0803. The zero-order valence-corrected chi connectivity index (χ0v) is 15.0. The van der Waals surface area contributed by atoms with Crippen molar-refractivity contribution in [3.8, 4) is 0 Å². The first kappa shape index (κ1) is 19.1. The van der Waals surface area contributed by atoms with Gasteiger partial charge in [-0.05, 0) is 31.4 Å². The minimum atomic E-state index is -0.638. The standard InChI is InChI=1S/C17H29NO3S/c1-5-6-17(20)21-12-15(19)10-18(9-13(2)3)11-16-8-7-14(4)22-16/h7-8,13,15,19H,5-6,9-12H2,1-4H3. The Morgan fingerprint density at radius 3 is 2.64 bits per heavy atom. The molecule has 1 aromatic rings. The van der Waals surface area contributed by atoms with Crippen LogP contribution in [0.3, 0.4) is 0 Å². The molecule has 0 aliphatic carbocycles. The summed E-state index contributed by atoms with van der Waals surface area (Å²) in [6, 6.07) is 4.26. The van der Waals surface area contributed by atoms with Gasteiger partial charge in [-0.1, -0.05) is 20.8 Å². The molecular formula is C17H29NO3S. The summed E-state index contributed by atoms with van der Waals surface area (Å²) >= 11 is 1.79. The van der Waals surface area contributed by atoms with Crippen LogP contribution in [-0.2, 0) is 16.1 Å². The maximum Gasteiger partial charge on any atom is 0.305 e. The van der Waals surface area contributed by atoms with Gasteiger partial charge in [-0.3, -0.25) is 9.69 Å². The third kappa shape index (κ3) is 7.92. The van der Waals surface area contributed by atoms with Gasteiger partial charge in [0, 0.05) is 35.8 Å². The van der Waals surface area contributed by atoms with Crippen molar-refractivity contribution in [2.45, 2.75) is 53.2 Å². The molecule has 0 aliphatic heterocycles. The van der Waals surface area contributed by atoms with E-state index in [0.29, 0.717) is 18.9 Å². The Bertz CT molecular complexity index is 445. The van der Waals surface area contributed by atoms with E-state index in [2.05, 4.69) is 37.8 Å². The van der Waals surface area contributed by atoms with Gasteiger partial charge in [0.1, 0.15) is 12.7 Å². The Hall–Kier alpha value is -0.910. The second-order valence-electron chi connectivity index (χ2n) is 6.19. The van der Waals surface area contributed by atoms with E-state index in [9.17, 15) is 9.90 Å². The van der Waals surface area contributed by atoms with Gasteiger partial charge in [0.15, 0.2) is 0 Å². The average molecular weight is 327 g/mol. The molecule has 1 rings (SSSR count). The molecule has 0 bridgehead atoms. The van der Waals surface area contributed by atoms with Gasteiger partial charge in [-0.15, -0.1) is 11.3 Å². The molecule has 0 saturated carbocycles. The van der Waals surface area contributed by atoms with Gasteiger partial charge < -0.3 is 9.84 Å². The van der Waals surface area contributed by atoms with Crippen LogP contribution in [0, 0.1) is 12.8 Å². The highest BCUT2D eigenvalue weighted by atomic mass is 32.1. The lowest BCUT2D eigenvalue weighted by atomic mass is 10.2. The fraction of sp³-hybridized carbons (Fsp3) is 0.706. The number of nitrogens with zero attached hydrogens (tertiary/aromatic N) is 1. The minimum Gasteiger partial charge on any atom is -0.463 e. The fourth-order valence-corrected chi connectivity index (χ4v) is 3.26.